The maximum atomic E-state index is 9.71. The van der Waals surface area contributed by atoms with Gasteiger partial charge in [0.25, 0.3) is 0 Å². The molecule has 0 aliphatic rings. The monoisotopic (exact) mass is 224 g/mol. The lowest BCUT2D eigenvalue weighted by atomic mass is 9.98. The van der Waals surface area contributed by atoms with Gasteiger partial charge >= 0.3 is 0 Å². The van der Waals surface area contributed by atoms with Crippen LogP contribution in [-0.2, 0) is 0 Å². The fraction of sp³-hybridized carbons (Fsp3) is 0.733. The van der Waals surface area contributed by atoms with Crippen LogP contribution in [0.1, 0.15) is 58.3 Å². The molecule has 0 heterocycles. The zero-order valence-corrected chi connectivity index (χ0v) is 10.8. The van der Waals surface area contributed by atoms with Gasteiger partial charge in [-0.2, -0.15) is 0 Å². The smallest absolute Gasteiger partial charge is 0.0600 e. The molecule has 0 unspecified atom stereocenters. The Hall–Kier alpha value is -0.560. The SMILES string of the molecule is C=CCCCCCCCC[C@@H](O)[C@@H](C)C=C. The molecule has 0 saturated carbocycles. The van der Waals surface area contributed by atoms with E-state index in [2.05, 4.69) is 13.2 Å². The van der Waals surface area contributed by atoms with Crippen molar-refractivity contribution in [1.82, 2.24) is 0 Å². The van der Waals surface area contributed by atoms with E-state index in [4.69, 9.17) is 0 Å². The summed E-state index contributed by atoms with van der Waals surface area (Å²) in [5.74, 6) is 0.229. The van der Waals surface area contributed by atoms with Crippen LogP contribution in [0.2, 0.25) is 0 Å². The van der Waals surface area contributed by atoms with E-state index in [1.165, 1.54) is 32.1 Å². The second kappa shape index (κ2) is 10.9. The quantitative estimate of drug-likeness (QED) is 0.405. The Balaban J connectivity index is 3.20. The second-order valence-corrected chi connectivity index (χ2v) is 4.65. The molecular weight excluding hydrogens is 196 g/mol. The number of hydrogen-bond acceptors (Lipinski definition) is 1. The van der Waals surface area contributed by atoms with Crippen molar-refractivity contribution >= 4 is 0 Å². The van der Waals surface area contributed by atoms with E-state index in [0.717, 1.165) is 19.3 Å². The number of unbranched alkanes of at least 4 members (excludes halogenated alkanes) is 6. The highest BCUT2D eigenvalue weighted by atomic mass is 16.3. The molecule has 0 saturated heterocycles. The summed E-state index contributed by atoms with van der Waals surface area (Å²) in [7, 11) is 0. The third kappa shape index (κ3) is 8.72. The van der Waals surface area contributed by atoms with Gasteiger partial charge in [0, 0.05) is 0 Å². The number of aliphatic hydroxyl groups is 1. The van der Waals surface area contributed by atoms with Gasteiger partial charge in [0.1, 0.15) is 0 Å². The van der Waals surface area contributed by atoms with Crippen molar-refractivity contribution in [3.05, 3.63) is 25.3 Å². The summed E-state index contributed by atoms with van der Waals surface area (Å²) in [4.78, 5) is 0. The summed E-state index contributed by atoms with van der Waals surface area (Å²) < 4.78 is 0. The highest BCUT2D eigenvalue weighted by Gasteiger charge is 2.09. The van der Waals surface area contributed by atoms with E-state index in [1.807, 2.05) is 19.1 Å². The summed E-state index contributed by atoms with van der Waals surface area (Å²) in [5, 5.41) is 9.71. The van der Waals surface area contributed by atoms with Crippen LogP contribution in [0, 0.1) is 5.92 Å². The lowest BCUT2D eigenvalue weighted by Gasteiger charge is -2.14. The van der Waals surface area contributed by atoms with Gasteiger partial charge in [0.2, 0.25) is 0 Å². The molecular formula is C15H28O. The topological polar surface area (TPSA) is 20.2 Å². The van der Waals surface area contributed by atoms with E-state index in [9.17, 15) is 5.11 Å². The molecule has 1 N–H and O–H groups in total. The average molecular weight is 224 g/mol. The molecule has 0 aromatic heterocycles. The van der Waals surface area contributed by atoms with Crippen molar-refractivity contribution in [3.63, 3.8) is 0 Å². The molecule has 0 aliphatic carbocycles. The zero-order chi connectivity index (χ0) is 12.2. The zero-order valence-electron chi connectivity index (χ0n) is 10.8. The van der Waals surface area contributed by atoms with Gasteiger partial charge in [-0.1, -0.05) is 51.2 Å². The fourth-order valence-electron chi connectivity index (χ4n) is 1.77. The largest absolute Gasteiger partial charge is 0.393 e. The highest BCUT2D eigenvalue weighted by Crippen LogP contribution is 2.14. The summed E-state index contributed by atoms with van der Waals surface area (Å²) in [6.07, 6.45) is 13.3. The molecule has 0 amide bonds. The van der Waals surface area contributed by atoms with Gasteiger partial charge in [-0.25, -0.2) is 0 Å². The van der Waals surface area contributed by atoms with E-state index in [0.29, 0.717) is 0 Å². The molecule has 1 heteroatoms. The minimum absolute atomic E-state index is 0.196. The third-order valence-corrected chi connectivity index (χ3v) is 3.14. The Morgan fingerprint density at radius 2 is 1.56 bits per heavy atom. The molecule has 0 fully saturated rings. The number of allylic oxidation sites excluding steroid dienone is 1. The summed E-state index contributed by atoms with van der Waals surface area (Å²) in [6.45, 7) is 9.44. The molecule has 0 aromatic rings. The first-order chi connectivity index (χ1) is 7.72. The van der Waals surface area contributed by atoms with E-state index < -0.39 is 0 Å². The summed E-state index contributed by atoms with van der Waals surface area (Å²) >= 11 is 0. The maximum absolute atomic E-state index is 9.71. The predicted molar refractivity (Wildman–Crippen MR) is 72.5 cm³/mol. The average Bonchev–Trinajstić information content (AvgIpc) is 2.31. The lowest BCUT2D eigenvalue weighted by Crippen LogP contribution is -2.14. The molecule has 0 spiro atoms. The Bertz CT molecular complexity index is 174. The van der Waals surface area contributed by atoms with E-state index in [1.54, 1.807) is 0 Å². The van der Waals surface area contributed by atoms with Gasteiger partial charge in [0.05, 0.1) is 6.10 Å². The van der Waals surface area contributed by atoms with Crippen molar-refractivity contribution in [2.24, 2.45) is 5.92 Å². The van der Waals surface area contributed by atoms with Gasteiger partial charge in [-0.05, 0) is 25.2 Å². The second-order valence-electron chi connectivity index (χ2n) is 4.65. The van der Waals surface area contributed by atoms with Crippen LogP contribution in [0.3, 0.4) is 0 Å². The van der Waals surface area contributed by atoms with Gasteiger partial charge in [-0.15, -0.1) is 13.2 Å². The molecule has 94 valence electrons. The predicted octanol–water partition coefficient (Wildman–Crippen LogP) is 4.48. The minimum Gasteiger partial charge on any atom is -0.393 e. The van der Waals surface area contributed by atoms with Crippen LogP contribution >= 0.6 is 0 Å². The molecule has 1 nitrogen and oxygen atoms in total. The summed E-state index contributed by atoms with van der Waals surface area (Å²) in [5.41, 5.74) is 0. The molecule has 2 atom stereocenters. The molecule has 0 radical (unpaired) electrons. The standard InChI is InChI=1S/C15H28O/c1-4-6-7-8-9-10-11-12-13-15(16)14(3)5-2/h4-5,14-16H,1-2,6-13H2,3H3/t14-,15+/m0/s1. The molecule has 0 rings (SSSR count). The fourth-order valence-corrected chi connectivity index (χ4v) is 1.77. The number of hydrogen-bond donors (Lipinski definition) is 1. The Morgan fingerprint density at radius 3 is 2.12 bits per heavy atom. The van der Waals surface area contributed by atoms with Crippen LogP contribution < -0.4 is 0 Å². The van der Waals surface area contributed by atoms with Gasteiger partial charge in [-0.3, -0.25) is 0 Å². The van der Waals surface area contributed by atoms with Crippen molar-refractivity contribution < 1.29 is 5.11 Å². The van der Waals surface area contributed by atoms with E-state index in [-0.39, 0.29) is 12.0 Å². The number of rotatable bonds is 11. The van der Waals surface area contributed by atoms with Crippen LogP contribution in [0.25, 0.3) is 0 Å². The summed E-state index contributed by atoms with van der Waals surface area (Å²) in [6, 6.07) is 0. The van der Waals surface area contributed by atoms with Crippen LogP contribution in [-0.4, -0.2) is 11.2 Å². The van der Waals surface area contributed by atoms with Crippen molar-refractivity contribution in [2.75, 3.05) is 0 Å². The van der Waals surface area contributed by atoms with Crippen LogP contribution in [0.15, 0.2) is 25.3 Å². The van der Waals surface area contributed by atoms with Crippen molar-refractivity contribution in [3.8, 4) is 0 Å². The van der Waals surface area contributed by atoms with Crippen LogP contribution in [0.4, 0.5) is 0 Å². The minimum atomic E-state index is -0.196. The first kappa shape index (κ1) is 15.4. The molecule has 16 heavy (non-hydrogen) atoms. The van der Waals surface area contributed by atoms with Crippen LogP contribution in [0.5, 0.6) is 0 Å². The first-order valence-electron chi connectivity index (χ1n) is 6.64. The van der Waals surface area contributed by atoms with Gasteiger partial charge < -0.3 is 5.11 Å². The normalized spacial score (nSPS) is 14.4. The van der Waals surface area contributed by atoms with Crippen molar-refractivity contribution in [2.45, 2.75) is 64.4 Å². The van der Waals surface area contributed by atoms with E-state index >= 15 is 0 Å². The molecule has 0 aromatic carbocycles. The molecule has 0 bridgehead atoms. The number of aliphatic hydroxyl groups excluding tert-OH is 1. The Labute approximate surface area is 101 Å². The first-order valence-corrected chi connectivity index (χ1v) is 6.64. The lowest BCUT2D eigenvalue weighted by molar-refractivity contribution is 0.125. The van der Waals surface area contributed by atoms with Gasteiger partial charge in [0.15, 0.2) is 0 Å². The highest BCUT2D eigenvalue weighted by molar-refractivity contribution is 4.80. The third-order valence-electron chi connectivity index (χ3n) is 3.14. The maximum Gasteiger partial charge on any atom is 0.0600 e. The van der Waals surface area contributed by atoms with Crippen molar-refractivity contribution in [1.29, 1.82) is 0 Å². The Morgan fingerprint density at radius 1 is 1.00 bits per heavy atom. The molecule has 0 aliphatic heterocycles. The Kier molecular flexibility index (Phi) is 10.6.